The second-order valence-electron chi connectivity index (χ2n) is 4.35. The van der Waals surface area contributed by atoms with Crippen LogP contribution in [0, 0.1) is 5.82 Å². The Bertz CT molecular complexity index is 780. The standard InChI is InChI=1S/C13H10BrFN4OS/c14-9-3-8(4-10(15)5-9)12(20)16-2-1-11-6-21-13-17-7-18-19(11)13/h3-7H,1-2H2,(H,16,20). The van der Waals surface area contributed by atoms with Gasteiger partial charge in [0.2, 0.25) is 4.96 Å². The molecule has 0 saturated carbocycles. The first kappa shape index (κ1) is 14.2. The van der Waals surface area contributed by atoms with Gasteiger partial charge in [-0.15, -0.1) is 11.3 Å². The molecule has 0 spiro atoms. The molecule has 0 aliphatic carbocycles. The van der Waals surface area contributed by atoms with Crippen molar-refractivity contribution in [2.75, 3.05) is 6.54 Å². The minimum Gasteiger partial charge on any atom is -0.352 e. The maximum Gasteiger partial charge on any atom is 0.251 e. The number of nitrogens with one attached hydrogen (secondary N) is 1. The molecule has 8 heteroatoms. The highest BCUT2D eigenvalue weighted by Gasteiger charge is 2.09. The third-order valence-corrected chi connectivity index (χ3v) is 4.22. The Morgan fingerprint density at radius 3 is 3.10 bits per heavy atom. The molecule has 2 aromatic heterocycles. The summed E-state index contributed by atoms with van der Waals surface area (Å²) in [5.41, 5.74) is 1.27. The molecule has 0 aliphatic rings. The van der Waals surface area contributed by atoms with Crippen LogP contribution in [0.1, 0.15) is 16.1 Å². The summed E-state index contributed by atoms with van der Waals surface area (Å²) < 4.78 is 15.5. The van der Waals surface area contributed by atoms with Crippen LogP contribution in [-0.4, -0.2) is 27.0 Å². The third kappa shape index (κ3) is 3.11. The number of fused-ring (bicyclic) bond motifs is 1. The lowest BCUT2D eigenvalue weighted by Gasteiger charge is -2.05. The zero-order valence-electron chi connectivity index (χ0n) is 10.7. The number of hydrogen-bond donors (Lipinski definition) is 1. The molecule has 3 aromatic rings. The molecule has 2 heterocycles. The van der Waals surface area contributed by atoms with Crippen molar-refractivity contribution >= 4 is 38.1 Å². The highest BCUT2D eigenvalue weighted by Crippen LogP contribution is 2.15. The lowest BCUT2D eigenvalue weighted by Crippen LogP contribution is -2.26. The molecule has 5 nitrogen and oxygen atoms in total. The van der Waals surface area contributed by atoms with Crippen molar-refractivity contribution in [3.8, 4) is 0 Å². The maximum atomic E-state index is 13.2. The van der Waals surface area contributed by atoms with Crippen LogP contribution >= 0.6 is 27.3 Å². The molecular weight excluding hydrogens is 359 g/mol. The second-order valence-corrected chi connectivity index (χ2v) is 6.10. The summed E-state index contributed by atoms with van der Waals surface area (Å²) in [5, 5.41) is 8.83. The summed E-state index contributed by atoms with van der Waals surface area (Å²) in [5.74, 6) is -0.753. The van der Waals surface area contributed by atoms with Crippen molar-refractivity contribution in [2.45, 2.75) is 6.42 Å². The Hall–Kier alpha value is -1.80. The quantitative estimate of drug-likeness (QED) is 0.769. The zero-order chi connectivity index (χ0) is 14.8. The van der Waals surface area contributed by atoms with Crippen LogP contribution in [0.15, 0.2) is 34.4 Å². The molecule has 0 atom stereocenters. The van der Waals surface area contributed by atoms with Crippen LogP contribution in [0.2, 0.25) is 0 Å². The molecule has 1 aromatic carbocycles. The number of amides is 1. The first-order valence-corrected chi connectivity index (χ1v) is 7.81. The van der Waals surface area contributed by atoms with Crippen LogP contribution in [0.5, 0.6) is 0 Å². The van der Waals surface area contributed by atoms with E-state index in [-0.39, 0.29) is 11.5 Å². The van der Waals surface area contributed by atoms with E-state index in [1.807, 2.05) is 5.38 Å². The minimum absolute atomic E-state index is 0.290. The van der Waals surface area contributed by atoms with E-state index in [0.717, 1.165) is 10.7 Å². The van der Waals surface area contributed by atoms with Crippen LogP contribution in [0.4, 0.5) is 4.39 Å². The fraction of sp³-hybridized carbons (Fsp3) is 0.154. The van der Waals surface area contributed by atoms with E-state index < -0.39 is 5.82 Å². The second kappa shape index (κ2) is 5.90. The van der Waals surface area contributed by atoms with Gasteiger partial charge in [-0.2, -0.15) is 5.10 Å². The highest BCUT2D eigenvalue weighted by atomic mass is 79.9. The van der Waals surface area contributed by atoms with Crippen molar-refractivity contribution in [3.05, 3.63) is 51.5 Å². The number of carbonyl (C=O) groups excluding carboxylic acids is 1. The van der Waals surface area contributed by atoms with Crippen molar-refractivity contribution in [1.29, 1.82) is 0 Å². The average Bonchev–Trinajstić information content (AvgIpc) is 3.02. The highest BCUT2D eigenvalue weighted by molar-refractivity contribution is 9.10. The molecule has 1 amide bonds. The molecule has 0 aliphatic heterocycles. The Morgan fingerprint density at radius 1 is 1.43 bits per heavy atom. The van der Waals surface area contributed by atoms with Crippen LogP contribution in [0.3, 0.4) is 0 Å². The third-order valence-electron chi connectivity index (χ3n) is 2.88. The number of carbonyl (C=O) groups is 1. The Labute approximate surface area is 131 Å². The van der Waals surface area contributed by atoms with Gasteiger partial charge in [-0.25, -0.2) is 13.9 Å². The van der Waals surface area contributed by atoms with Gasteiger partial charge in [-0.05, 0) is 18.2 Å². The summed E-state index contributed by atoms with van der Waals surface area (Å²) in [6.45, 7) is 0.443. The predicted molar refractivity (Wildman–Crippen MR) is 81.0 cm³/mol. The van der Waals surface area contributed by atoms with Crippen molar-refractivity contribution in [2.24, 2.45) is 0 Å². The summed E-state index contributed by atoms with van der Waals surface area (Å²) in [7, 11) is 0. The largest absolute Gasteiger partial charge is 0.352 e. The normalized spacial score (nSPS) is 11.0. The number of rotatable bonds is 4. The number of nitrogens with zero attached hydrogens (tertiary/aromatic N) is 3. The van der Waals surface area contributed by atoms with Gasteiger partial charge in [0.05, 0.1) is 5.69 Å². The van der Waals surface area contributed by atoms with Crippen molar-refractivity contribution < 1.29 is 9.18 Å². The fourth-order valence-corrected chi connectivity index (χ4v) is 3.23. The molecule has 0 radical (unpaired) electrons. The molecule has 0 unspecified atom stereocenters. The smallest absolute Gasteiger partial charge is 0.251 e. The monoisotopic (exact) mass is 368 g/mol. The lowest BCUT2D eigenvalue weighted by atomic mass is 10.2. The number of benzene rings is 1. The fourth-order valence-electron chi connectivity index (χ4n) is 1.93. The Balaban J connectivity index is 1.62. The maximum absolute atomic E-state index is 13.2. The van der Waals surface area contributed by atoms with Gasteiger partial charge in [0, 0.05) is 28.4 Å². The van der Waals surface area contributed by atoms with Crippen LogP contribution in [-0.2, 0) is 6.42 Å². The molecule has 0 bridgehead atoms. The van der Waals surface area contributed by atoms with Gasteiger partial charge < -0.3 is 5.32 Å². The first-order chi connectivity index (χ1) is 10.1. The van der Waals surface area contributed by atoms with Crippen molar-refractivity contribution in [3.63, 3.8) is 0 Å². The van der Waals surface area contributed by atoms with Gasteiger partial charge in [0.25, 0.3) is 5.91 Å². The van der Waals surface area contributed by atoms with E-state index in [4.69, 9.17) is 0 Å². The Kier molecular flexibility index (Phi) is 3.98. The summed E-state index contributed by atoms with van der Waals surface area (Å²) >= 11 is 4.67. The zero-order valence-corrected chi connectivity index (χ0v) is 13.1. The molecular formula is C13H10BrFN4OS. The van der Waals surface area contributed by atoms with Crippen molar-refractivity contribution in [1.82, 2.24) is 19.9 Å². The molecule has 0 fully saturated rings. The number of halogens is 2. The number of thiazole rings is 1. The van der Waals surface area contributed by atoms with Gasteiger partial charge in [-0.1, -0.05) is 15.9 Å². The van der Waals surface area contributed by atoms with Crippen LogP contribution in [0.25, 0.3) is 4.96 Å². The van der Waals surface area contributed by atoms with Gasteiger partial charge in [0.1, 0.15) is 12.1 Å². The van der Waals surface area contributed by atoms with E-state index in [2.05, 4.69) is 31.3 Å². The molecule has 21 heavy (non-hydrogen) atoms. The first-order valence-electron chi connectivity index (χ1n) is 6.14. The SMILES string of the molecule is O=C(NCCc1csc2ncnn12)c1cc(F)cc(Br)c1. The summed E-state index contributed by atoms with van der Waals surface area (Å²) in [6.07, 6.45) is 2.13. The molecule has 3 rings (SSSR count). The summed E-state index contributed by atoms with van der Waals surface area (Å²) in [4.78, 5) is 16.9. The Morgan fingerprint density at radius 2 is 2.29 bits per heavy atom. The number of aromatic nitrogens is 3. The molecule has 0 saturated heterocycles. The summed E-state index contributed by atoms with van der Waals surface area (Å²) in [6, 6.07) is 4.10. The molecule has 108 valence electrons. The molecule has 1 N–H and O–H groups in total. The van der Waals surface area contributed by atoms with Crippen LogP contribution < -0.4 is 5.32 Å². The van der Waals surface area contributed by atoms with Gasteiger partial charge >= 0.3 is 0 Å². The van der Waals surface area contributed by atoms with E-state index in [0.29, 0.717) is 17.4 Å². The van der Waals surface area contributed by atoms with Gasteiger partial charge in [-0.3, -0.25) is 4.79 Å². The van der Waals surface area contributed by atoms with E-state index in [9.17, 15) is 9.18 Å². The average molecular weight is 369 g/mol. The minimum atomic E-state index is -0.448. The van der Waals surface area contributed by atoms with Gasteiger partial charge in [0.15, 0.2) is 0 Å². The van der Waals surface area contributed by atoms with E-state index in [1.54, 1.807) is 10.6 Å². The number of hydrogen-bond acceptors (Lipinski definition) is 4. The van der Waals surface area contributed by atoms with E-state index >= 15 is 0 Å². The predicted octanol–water partition coefficient (Wildman–Crippen LogP) is 2.66. The van der Waals surface area contributed by atoms with E-state index in [1.165, 1.54) is 29.8 Å². The lowest BCUT2D eigenvalue weighted by molar-refractivity contribution is 0.0953. The topological polar surface area (TPSA) is 59.3 Å².